The maximum Gasteiger partial charge on any atom is 0.156 e. The van der Waals surface area contributed by atoms with E-state index in [0.717, 1.165) is 19.3 Å². The standard InChI is InChI=1S/C15H20O/c1-15-8-3-2-4-14(15)13-6-5-12(16)10-11(13)7-9-15/h10H,2-9H2,1H3/t15-/m1/s1. The molecule has 16 heavy (non-hydrogen) atoms. The van der Waals surface area contributed by atoms with E-state index in [-0.39, 0.29) is 0 Å². The third-order valence-corrected chi connectivity index (χ3v) is 4.79. The van der Waals surface area contributed by atoms with Gasteiger partial charge in [-0.3, -0.25) is 4.79 Å². The maximum absolute atomic E-state index is 11.5. The largest absolute Gasteiger partial charge is 0.295 e. The van der Waals surface area contributed by atoms with Gasteiger partial charge in [0.15, 0.2) is 5.78 Å². The lowest BCUT2D eigenvalue weighted by Gasteiger charge is -2.43. The van der Waals surface area contributed by atoms with Crippen molar-refractivity contribution in [1.82, 2.24) is 0 Å². The Kier molecular flexibility index (Phi) is 2.31. The highest BCUT2D eigenvalue weighted by atomic mass is 16.1. The molecular weight excluding hydrogens is 196 g/mol. The first-order valence-electron chi connectivity index (χ1n) is 6.65. The van der Waals surface area contributed by atoms with Gasteiger partial charge in [-0.2, -0.15) is 0 Å². The van der Waals surface area contributed by atoms with Gasteiger partial charge in [-0.05, 0) is 61.2 Å². The normalized spacial score (nSPS) is 34.3. The molecule has 3 aliphatic rings. The fourth-order valence-electron chi connectivity index (χ4n) is 3.80. The zero-order valence-corrected chi connectivity index (χ0v) is 10.1. The van der Waals surface area contributed by atoms with Gasteiger partial charge in [-0.15, -0.1) is 0 Å². The second-order valence-corrected chi connectivity index (χ2v) is 5.86. The van der Waals surface area contributed by atoms with Crippen LogP contribution in [0.2, 0.25) is 0 Å². The Hall–Kier alpha value is -0.850. The molecule has 0 saturated heterocycles. The van der Waals surface area contributed by atoms with Crippen molar-refractivity contribution in [2.45, 2.75) is 58.3 Å². The predicted molar refractivity (Wildman–Crippen MR) is 65.2 cm³/mol. The molecule has 0 bridgehead atoms. The van der Waals surface area contributed by atoms with Gasteiger partial charge in [0, 0.05) is 6.42 Å². The van der Waals surface area contributed by atoms with Crippen LogP contribution in [0.3, 0.4) is 0 Å². The molecule has 1 nitrogen and oxygen atoms in total. The Balaban J connectivity index is 2.07. The van der Waals surface area contributed by atoms with Gasteiger partial charge in [-0.25, -0.2) is 0 Å². The van der Waals surface area contributed by atoms with Crippen LogP contribution in [0, 0.1) is 5.41 Å². The summed E-state index contributed by atoms with van der Waals surface area (Å²) in [6.07, 6.45) is 11.5. The van der Waals surface area contributed by atoms with Gasteiger partial charge in [0.1, 0.15) is 0 Å². The first-order chi connectivity index (χ1) is 7.69. The summed E-state index contributed by atoms with van der Waals surface area (Å²) in [7, 11) is 0. The van der Waals surface area contributed by atoms with Crippen LogP contribution < -0.4 is 0 Å². The lowest BCUT2D eigenvalue weighted by Crippen LogP contribution is -2.29. The van der Waals surface area contributed by atoms with Crippen LogP contribution in [0.1, 0.15) is 58.3 Å². The van der Waals surface area contributed by atoms with E-state index in [0.29, 0.717) is 11.2 Å². The van der Waals surface area contributed by atoms with Crippen molar-refractivity contribution in [3.05, 3.63) is 22.8 Å². The topological polar surface area (TPSA) is 17.1 Å². The average molecular weight is 216 g/mol. The minimum Gasteiger partial charge on any atom is -0.295 e. The Morgan fingerprint density at radius 2 is 1.94 bits per heavy atom. The molecule has 0 aromatic heterocycles. The van der Waals surface area contributed by atoms with E-state index < -0.39 is 0 Å². The fraction of sp³-hybridized carbons (Fsp3) is 0.667. The molecule has 0 amide bonds. The second kappa shape index (κ2) is 3.58. The number of carbonyl (C=O) groups excluding carboxylic acids is 1. The molecule has 3 aliphatic carbocycles. The lowest BCUT2D eigenvalue weighted by molar-refractivity contribution is -0.114. The van der Waals surface area contributed by atoms with Gasteiger partial charge in [0.05, 0.1) is 0 Å². The van der Waals surface area contributed by atoms with Crippen molar-refractivity contribution in [2.75, 3.05) is 0 Å². The van der Waals surface area contributed by atoms with Crippen molar-refractivity contribution in [3.8, 4) is 0 Å². The van der Waals surface area contributed by atoms with E-state index in [4.69, 9.17) is 0 Å². The van der Waals surface area contributed by atoms with Gasteiger partial charge in [-0.1, -0.05) is 18.9 Å². The van der Waals surface area contributed by atoms with E-state index in [2.05, 4.69) is 6.92 Å². The number of rotatable bonds is 0. The first-order valence-corrected chi connectivity index (χ1v) is 6.65. The van der Waals surface area contributed by atoms with Gasteiger partial charge < -0.3 is 0 Å². The van der Waals surface area contributed by atoms with Crippen LogP contribution in [-0.2, 0) is 4.79 Å². The molecule has 0 heterocycles. The van der Waals surface area contributed by atoms with E-state index in [1.54, 1.807) is 11.1 Å². The minimum atomic E-state index is 0.346. The highest BCUT2D eigenvalue weighted by molar-refractivity contribution is 5.93. The van der Waals surface area contributed by atoms with Gasteiger partial charge in [0.25, 0.3) is 0 Å². The minimum absolute atomic E-state index is 0.346. The van der Waals surface area contributed by atoms with Crippen LogP contribution in [0.25, 0.3) is 0 Å². The number of carbonyl (C=O) groups is 1. The van der Waals surface area contributed by atoms with Crippen molar-refractivity contribution in [3.63, 3.8) is 0 Å². The van der Waals surface area contributed by atoms with Gasteiger partial charge >= 0.3 is 0 Å². The smallest absolute Gasteiger partial charge is 0.156 e. The predicted octanol–water partition coefficient (Wildman–Crippen LogP) is 3.95. The molecule has 1 atom stereocenters. The number of hydrogen-bond acceptors (Lipinski definition) is 1. The molecule has 0 radical (unpaired) electrons. The summed E-state index contributed by atoms with van der Waals surface area (Å²) < 4.78 is 0. The third-order valence-electron chi connectivity index (χ3n) is 4.79. The summed E-state index contributed by atoms with van der Waals surface area (Å²) in [4.78, 5) is 11.5. The Morgan fingerprint density at radius 3 is 2.81 bits per heavy atom. The molecule has 1 heteroatoms. The molecule has 3 rings (SSSR count). The molecule has 0 unspecified atom stereocenters. The Labute approximate surface area is 97.6 Å². The van der Waals surface area contributed by atoms with Crippen LogP contribution in [-0.4, -0.2) is 5.78 Å². The summed E-state index contributed by atoms with van der Waals surface area (Å²) in [5.41, 5.74) is 5.15. The van der Waals surface area contributed by atoms with Crippen molar-refractivity contribution >= 4 is 5.78 Å². The SMILES string of the molecule is C[C@]12CCCCC1=C1CCC(=O)C=C1CC2. The zero-order valence-electron chi connectivity index (χ0n) is 10.1. The molecule has 0 aliphatic heterocycles. The third kappa shape index (κ3) is 1.49. The van der Waals surface area contributed by atoms with Gasteiger partial charge in [0.2, 0.25) is 0 Å². The summed E-state index contributed by atoms with van der Waals surface area (Å²) >= 11 is 0. The van der Waals surface area contributed by atoms with E-state index in [1.165, 1.54) is 37.7 Å². The highest BCUT2D eigenvalue weighted by Gasteiger charge is 2.38. The summed E-state index contributed by atoms with van der Waals surface area (Å²) in [5.74, 6) is 0.346. The molecule has 1 saturated carbocycles. The number of fused-ring (bicyclic) bond motifs is 2. The Morgan fingerprint density at radius 1 is 1.06 bits per heavy atom. The second-order valence-electron chi connectivity index (χ2n) is 5.86. The fourth-order valence-corrected chi connectivity index (χ4v) is 3.80. The number of hydrogen-bond donors (Lipinski definition) is 0. The summed E-state index contributed by atoms with van der Waals surface area (Å²) in [6.45, 7) is 2.45. The van der Waals surface area contributed by atoms with Crippen molar-refractivity contribution in [2.24, 2.45) is 5.41 Å². The lowest BCUT2D eigenvalue weighted by atomic mass is 9.61. The number of allylic oxidation sites excluding steroid dienone is 4. The van der Waals surface area contributed by atoms with E-state index in [9.17, 15) is 4.79 Å². The highest BCUT2D eigenvalue weighted by Crippen LogP contribution is 2.52. The molecule has 0 aromatic rings. The first kappa shape index (κ1) is 10.3. The Bertz CT molecular complexity index is 400. The molecule has 1 fully saturated rings. The van der Waals surface area contributed by atoms with Crippen LogP contribution in [0.4, 0.5) is 0 Å². The monoisotopic (exact) mass is 216 g/mol. The van der Waals surface area contributed by atoms with Crippen LogP contribution in [0.15, 0.2) is 22.8 Å². The van der Waals surface area contributed by atoms with Crippen molar-refractivity contribution in [1.29, 1.82) is 0 Å². The summed E-state index contributed by atoms with van der Waals surface area (Å²) in [6, 6.07) is 0. The average Bonchev–Trinajstić information content (AvgIpc) is 2.28. The summed E-state index contributed by atoms with van der Waals surface area (Å²) in [5, 5.41) is 0. The van der Waals surface area contributed by atoms with Crippen LogP contribution >= 0.6 is 0 Å². The molecule has 0 spiro atoms. The maximum atomic E-state index is 11.5. The zero-order chi connectivity index (χ0) is 11.2. The van der Waals surface area contributed by atoms with Crippen LogP contribution in [0.5, 0.6) is 0 Å². The van der Waals surface area contributed by atoms with Crippen molar-refractivity contribution < 1.29 is 4.79 Å². The van der Waals surface area contributed by atoms with E-state index in [1.807, 2.05) is 6.08 Å². The number of ketones is 1. The molecular formula is C15H20O. The molecule has 0 N–H and O–H groups in total. The molecule has 0 aromatic carbocycles. The van der Waals surface area contributed by atoms with E-state index >= 15 is 0 Å². The quantitative estimate of drug-likeness (QED) is 0.599. The molecule has 86 valence electrons.